The number of carbonyl (C=O) groups is 1. The number of fused-ring (bicyclic) bond motifs is 1. The minimum absolute atomic E-state index is 0.0999. The predicted octanol–water partition coefficient (Wildman–Crippen LogP) is 0.386. The maximum atomic E-state index is 12.2. The van der Waals surface area contributed by atoms with Crippen LogP contribution < -0.4 is 11.2 Å². The first kappa shape index (κ1) is 18.2. The van der Waals surface area contributed by atoms with Crippen LogP contribution >= 0.6 is 0 Å². The Morgan fingerprint density at radius 3 is 2.67 bits per heavy atom. The molecule has 0 fully saturated rings. The topological polar surface area (TPSA) is 130 Å². The van der Waals surface area contributed by atoms with Crippen LogP contribution in [0.3, 0.4) is 0 Å². The molecule has 3 N–H and O–H groups in total. The van der Waals surface area contributed by atoms with Crippen LogP contribution in [0.25, 0.3) is 10.9 Å². The Hall–Kier alpha value is -3.62. The van der Waals surface area contributed by atoms with Gasteiger partial charge in [-0.15, -0.1) is 0 Å². The SMILES string of the molecule is Cn1c(O)c(C=NC(Cc2c[nH]c3ccccc23)C(=O)O)c(=O)n(C)c1=O. The van der Waals surface area contributed by atoms with Crippen molar-refractivity contribution in [2.75, 3.05) is 0 Å². The summed E-state index contributed by atoms with van der Waals surface area (Å²) >= 11 is 0. The predicted molar refractivity (Wildman–Crippen MR) is 99.6 cm³/mol. The maximum absolute atomic E-state index is 12.2. The molecule has 0 aliphatic heterocycles. The molecular weight excluding hydrogens is 352 g/mol. The molecule has 0 aliphatic rings. The van der Waals surface area contributed by atoms with Crippen molar-refractivity contribution in [1.29, 1.82) is 0 Å². The number of aromatic amines is 1. The number of H-pyrrole nitrogens is 1. The summed E-state index contributed by atoms with van der Waals surface area (Å²) in [6.45, 7) is 0. The third-order valence-electron chi connectivity index (χ3n) is 4.42. The number of aliphatic carboxylic acids is 1. The third-order valence-corrected chi connectivity index (χ3v) is 4.42. The van der Waals surface area contributed by atoms with Gasteiger partial charge in [0, 0.05) is 43.8 Å². The minimum atomic E-state index is -1.17. The van der Waals surface area contributed by atoms with E-state index in [1.807, 2.05) is 24.3 Å². The highest BCUT2D eigenvalue weighted by molar-refractivity contribution is 5.87. The molecule has 2 heterocycles. The summed E-state index contributed by atoms with van der Waals surface area (Å²) in [5, 5.41) is 20.4. The number of aliphatic imine (C=N–C) groups is 1. The fraction of sp³-hybridized carbons (Fsp3) is 0.222. The van der Waals surface area contributed by atoms with Crippen LogP contribution in [-0.2, 0) is 25.3 Å². The first-order valence-electron chi connectivity index (χ1n) is 8.11. The van der Waals surface area contributed by atoms with Gasteiger partial charge < -0.3 is 15.2 Å². The van der Waals surface area contributed by atoms with Crippen LogP contribution in [0.1, 0.15) is 11.1 Å². The Bertz CT molecular complexity index is 1170. The van der Waals surface area contributed by atoms with Crippen molar-refractivity contribution in [3.8, 4) is 5.88 Å². The molecule has 0 amide bonds. The van der Waals surface area contributed by atoms with E-state index >= 15 is 0 Å². The second kappa shape index (κ2) is 6.94. The van der Waals surface area contributed by atoms with Crippen LogP contribution in [0, 0.1) is 0 Å². The minimum Gasteiger partial charge on any atom is -0.494 e. The lowest BCUT2D eigenvalue weighted by molar-refractivity contribution is -0.138. The van der Waals surface area contributed by atoms with E-state index in [-0.39, 0.29) is 12.0 Å². The highest BCUT2D eigenvalue weighted by atomic mass is 16.4. The summed E-state index contributed by atoms with van der Waals surface area (Å²) in [5.41, 5.74) is -0.0403. The molecule has 9 nitrogen and oxygen atoms in total. The molecule has 1 unspecified atom stereocenters. The zero-order valence-electron chi connectivity index (χ0n) is 14.7. The molecule has 9 heteroatoms. The Kier molecular flexibility index (Phi) is 4.68. The number of aromatic hydroxyl groups is 1. The van der Waals surface area contributed by atoms with E-state index in [0.717, 1.165) is 31.8 Å². The van der Waals surface area contributed by atoms with Crippen molar-refractivity contribution in [3.63, 3.8) is 0 Å². The molecule has 0 radical (unpaired) electrons. The number of benzene rings is 1. The first-order chi connectivity index (χ1) is 12.8. The van der Waals surface area contributed by atoms with Crippen LogP contribution in [0.2, 0.25) is 0 Å². The van der Waals surface area contributed by atoms with Crippen molar-refractivity contribution < 1.29 is 15.0 Å². The number of rotatable bonds is 5. The number of nitrogens with zero attached hydrogens (tertiary/aromatic N) is 3. The van der Waals surface area contributed by atoms with Crippen LogP contribution in [-0.4, -0.2) is 42.6 Å². The van der Waals surface area contributed by atoms with Crippen molar-refractivity contribution in [2.45, 2.75) is 12.5 Å². The number of hydrogen-bond acceptors (Lipinski definition) is 5. The lowest BCUT2D eigenvalue weighted by Gasteiger charge is -2.09. The van der Waals surface area contributed by atoms with Gasteiger partial charge in [-0.05, 0) is 11.6 Å². The van der Waals surface area contributed by atoms with Gasteiger partial charge in [-0.2, -0.15) is 0 Å². The number of para-hydroxylation sites is 1. The first-order valence-corrected chi connectivity index (χ1v) is 8.11. The van der Waals surface area contributed by atoms with Crippen molar-refractivity contribution >= 4 is 23.1 Å². The number of carboxylic acid groups (broad SMARTS) is 1. The summed E-state index contributed by atoms with van der Waals surface area (Å²) < 4.78 is 1.70. The van der Waals surface area contributed by atoms with Gasteiger partial charge in [-0.3, -0.25) is 18.9 Å². The smallest absolute Gasteiger partial charge is 0.333 e. The molecule has 0 bridgehead atoms. The van der Waals surface area contributed by atoms with E-state index < -0.39 is 29.1 Å². The van der Waals surface area contributed by atoms with Gasteiger partial charge in [-0.1, -0.05) is 18.2 Å². The number of aromatic nitrogens is 3. The van der Waals surface area contributed by atoms with E-state index in [1.165, 1.54) is 14.1 Å². The van der Waals surface area contributed by atoms with Gasteiger partial charge in [0.05, 0.1) is 0 Å². The Morgan fingerprint density at radius 2 is 1.96 bits per heavy atom. The molecular formula is C18H18N4O5. The molecule has 0 spiro atoms. The molecule has 2 aromatic heterocycles. The van der Waals surface area contributed by atoms with E-state index in [1.54, 1.807) is 6.20 Å². The van der Waals surface area contributed by atoms with Gasteiger partial charge in [0.2, 0.25) is 5.88 Å². The lowest BCUT2D eigenvalue weighted by Crippen LogP contribution is -2.38. The van der Waals surface area contributed by atoms with E-state index in [9.17, 15) is 24.6 Å². The number of nitrogens with one attached hydrogen (secondary N) is 1. The van der Waals surface area contributed by atoms with E-state index in [0.29, 0.717) is 0 Å². The zero-order chi connectivity index (χ0) is 19.7. The molecule has 3 aromatic rings. The molecule has 140 valence electrons. The lowest BCUT2D eigenvalue weighted by atomic mass is 10.1. The molecule has 27 heavy (non-hydrogen) atoms. The summed E-state index contributed by atoms with van der Waals surface area (Å²) in [5.74, 6) is -1.74. The maximum Gasteiger partial charge on any atom is 0.333 e. The second-order valence-electron chi connectivity index (χ2n) is 6.14. The fourth-order valence-electron chi connectivity index (χ4n) is 2.85. The van der Waals surface area contributed by atoms with Crippen molar-refractivity contribution in [2.24, 2.45) is 19.1 Å². The fourth-order valence-corrected chi connectivity index (χ4v) is 2.85. The van der Waals surface area contributed by atoms with E-state index in [2.05, 4.69) is 9.98 Å². The second-order valence-corrected chi connectivity index (χ2v) is 6.14. The van der Waals surface area contributed by atoms with Gasteiger partial charge >= 0.3 is 11.7 Å². The average molecular weight is 370 g/mol. The quantitative estimate of drug-likeness (QED) is 0.559. The summed E-state index contributed by atoms with van der Waals surface area (Å²) in [7, 11) is 2.57. The normalized spacial score (nSPS) is 12.7. The monoisotopic (exact) mass is 370 g/mol. The van der Waals surface area contributed by atoms with Gasteiger partial charge in [0.1, 0.15) is 5.56 Å². The summed E-state index contributed by atoms with van der Waals surface area (Å²) in [6, 6.07) is 6.31. The zero-order valence-corrected chi connectivity index (χ0v) is 14.7. The van der Waals surface area contributed by atoms with Crippen molar-refractivity contribution in [1.82, 2.24) is 14.1 Å². The van der Waals surface area contributed by atoms with Gasteiger partial charge in [0.25, 0.3) is 5.56 Å². The standard InChI is InChI=1S/C18H18N4O5/c1-21-15(23)12(16(24)22(2)18(21)27)9-20-14(17(25)26)7-10-8-19-13-6-4-3-5-11(10)13/h3-6,8-9,14,19,23H,7H2,1-2H3,(H,25,26). The van der Waals surface area contributed by atoms with Gasteiger partial charge in [0.15, 0.2) is 6.04 Å². The summed E-state index contributed by atoms with van der Waals surface area (Å²) in [4.78, 5) is 42.6. The van der Waals surface area contributed by atoms with Crippen LogP contribution in [0.4, 0.5) is 0 Å². The van der Waals surface area contributed by atoms with Gasteiger partial charge in [-0.25, -0.2) is 9.59 Å². The third kappa shape index (κ3) is 3.26. The molecule has 0 saturated carbocycles. The van der Waals surface area contributed by atoms with E-state index in [4.69, 9.17) is 0 Å². The highest BCUT2D eigenvalue weighted by Crippen LogP contribution is 2.20. The Labute approximate surface area is 152 Å². The number of carboxylic acids is 1. The number of hydrogen-bond donors (Lipinski definition) is 3. The molecule has 1 atom stereocenters. The molecule has 0 saturated heterocycles. The molecule has 0 aliphatic carbocycles. The summed E-state index contributed by atoms with van der Waals surface area (Å²) in [6.07, 6.45) is 2.83. The Balaban J connectivity index is 1.98. The van der Waals surface area contributed by atoms with Crippen molar-refractivity contribution in [3.05, 3.63) is 62.4 Å². The Morgan fingerprint density at radius 1 is 1.26 bits per heavy atom. The van der Waals surface area contributed by atoms with Crippen LogP contribution in [0.5, 0.6) is 5.88 Å². The molecule has 1 aromatic carbocycles. The average Bonchev–Trinajstić information content (AvgIpc) is 3.06. The van der Waals surface area contributed by atoms with Crippen LogP contribution in [0.15, 0.2) is 45.0 Å². The highest BCUT2D eigenvalue weighted by Gasteiger charge is 2.20. The molecule has 3 rings (SSSR count). The largest absolute Gasteiger partial charge is 0.494 e.